The molecule has 4 heteroatoms. The van der Waals surface area contributed by atoms with E-state index in [-0.39, 0.29) is 0 Å². The molecule has 0 aliphatic carbocycles. The lowest BCUT2D eigenvalue weighted by Gasteiger charge is -1.71. The standard InChI is InChI=1S/C2H5O2S2/c1-5-6(2,3)4/h2H2,1H3/q+1. The van der Waals surface area contributed by atoms with E-state index in [9.17, 15) is 8.42 Å². The van der Waals surface area contributed by atoms with Crippen molar-refractivity contribution in [1.29, 1.82) is 0 Å². The Morgan fingerprint density at radius 3 is 1.83 bits per heavy atom. The Kier molecular flexibility index (Phi) is 1.80. The summed E-state index contributed by atoms with van der Waals surface area (Å²) in [6.07, 6.45) is 4.30. The molecule has 0 heterocycles. The first-order valence-electron chi connectivity index (χ1n) is 1.20. The molecule has 0 spiro atoms. The fourth-order valence-corrected chi connectivity index (χ4v) is 0. The molecule has 0 saturated carbocycles. The summed E-state index contributed by atoms with van der Waals surface area (Å²) in [5.74, 6) is 0. The van der Waals surface area contributed by atoms with Crippen LogP contribution < -0.4 is 0 Å². The molecule has 0 fully saturated rings. The number of rotatable bonds is 1. The van der Waals surface area contributed by atoms with Gasteiger partial charge in [0.05, 0.1) is 0 Å². The molecule has 0 unspecified atom stereocenters. The van der Waals surface area contributed by atoms with E-state index in [2.05, 4.69) is 6.26 Å². The van der Waals surface area contributed by atoms with Crippen LogP contribution in [0.4, 0.5) is 0 Å². The molecule has 0 aliphatic heterocycles. The van der Waals surface area contributed by atoms with Gasteiger partial charge in [0, 0.05) is 17.0 Å². The first-order chi connectivity index (χ1) is 2.56. The molecule has 0 rings (SSSR count). The molecule has 36 valence electrons. The molecule has 0 aliphatic rings. The molecular formula is C2H5O2S2+. The van der Waals surface area contributed by atoms with Crippen molar-refractivity contribution in [2.75, 3.05) is 6.26 Å². The Bertz CT molecular complexity index is 112. The maximum Gasteiger partial charge on any atom is 0.344 e. The summed E-state index contributed by atoms with van der Waals surface area (Å²) in [4.78, 5) is 0. The van der Waals surface area contributed by atoms with Gasteiger partial charge in [-0.2, -0.15) is 8.42 Å². The van der Waals surface area contributed by atoms with E-state index in [0.717, 1.165) is 10.8 Å². The minimum absolute atomic E-state index is 0.743. The molecule has 0 amide bonds. The zero-order chi connectivity index (χ0) is 5.21. The van der Waals surface area contributed by atoms with E-state index in [0.29, 0.717) is 0 Å². The summed E-state index contributed by atoms with van der Waals surface area (Å²) >= 11 is 0. The first-order valence-corrected chi connectivity index (χ1v) is 4.59. The SMILES string of the molecule is [CH2+]S(=O)(=O)SC. The van der Waals surface area contributed by atoms with Crippen LogP contribution in [0.25, 0.3) is 0 Å². The van der Waals surface area contributed by atoms with Crippen molar-refractivity contribution in [2.45, 2.75) is 0 Å². The Balaban J connectivity index is 3.85. The van der Waals surface area contributed by atoms with Gasteiger partial charge in [0.1, 0.15) is 0 Å². The second kappa shape index (κ2) is 1.75. The van der Waals surface area contributed by atoms with E-state index in [1.165, 1.54) is 6.26 Å². The summed E-state index contributed by atoms with van der Waals surface area (Å²) in [6.45, 7) is 0. The molecule has 0 aromatic rings. The maximum atomic E-state index is 9.85. The van der Waals surface area contributed by atoms with Gasteiger partial charge in [0.25, 0.3) is 0 Å². The smallest absolute Gasteiger partial charge is 0.172 e. The molecular weight excluding hydrogens is 120 g/mol. The molecule has 0 aromatic carbocycles. The van der Waals surface area contributed by atoms with Gasteiger partial charge in [0.15, 0.2) is 6.26 Å². The summed E-state index contributed by atoms with van der Waals surface area (Å²) in [7, 11) is -2.25. The zero-order valence-corrected chi connectivity index (χ0v) is 4.97. The highest BCUT2D eigenvalue weighted by atomic mass is 33.1. The minimum Gasteiger partial charge on any atom is -0.172 e. The first kappa shape index (κ1) is 6.17. The second-order valence-electron chi connectivity index (χ2n) is 0.724. The lowest BCUT2D eigenvalue weighted by atomic mass is 12.0. The van der Waals surface area contributed by atoms with Crippen molar-refractivity contribution in [3.05, 3.63) is 6.26 Å². The van der Waals surface area contributed by atoms with Crippen LogP contribution in [0, 0.1) is 6.26 Å². The fraction of sp³-hybridized carbons (Fsp3) is 0.500. The highest BCUT2D eigenvalue weighted by Crippen LogP contribution is 2.02. The van der Waals surface area contributed by atoms with Gasteiger partial charge in [-0.05, 0) is 0 Å². The Hall–Kier alpha value is 0.170. The van der Waals surface area contributed by atoms with Gasteiger partial charge in [0.2, 0.25) is 0 Å². The molecule has 0 N–H and O–H groups in total. The van der Waals surface area contributed by atoms with E-state index >= 15 is 0 Å². The van der Waals surface area contributed by atoms with Crippen LogP contribution in [0.15, 0.2) is 0 Å². The summed E-state index contributed by atoms with van der Waals surface area (Å²) < 4.78 is 19.7. The van der Waals surface area contributed by atoms with Crippen LogP contribution in [0.3, 0.4) is 0 Å². The van der Waals surface area contributed by atoms with Crippen molar-refractivity contribution in [2.24, 2.45) is 0 Å². The molecule has 0 saturated heterocycles. The van der Waals surface area contributed by atoms with Gasteiger partial charge in [-0.25, -0.2) is 0 Å². The average molecular weight is 125 g/mol. The van der Waals surface area contributed by atoms with E-state index in [1.807, 2.05) is 0 Å². The van der Waals surface area contributed by atoms with Crippen molar-refractivity contribution in [3.63, 3.8) is 0 Å². The van der Waals surface area contributed by atoms with Crippen LogP contribution in [-0.2, 0) is 8.87 Å². The average Bonchev–Trinajstić information content (AvgIpc) is 1.35. The summed E-state index contributed by atoms with van der Waals surface area (Å²) in [5, 5.41) is 0. The molecule has 0 atom stereocenters. The van der Waals surface area contributed by atoms with Crippen molar-refractivity contribution in [3.8, 4) is 0 Å². The van der Waals surface area contributed by atoms with E-state index < -0.39 is 8.87 Å². The normalized spacial score (nSPS) is 11.5. The zero-order valence-electron chi connectivity index (χ0n) is 3.34. The molecule has 2 nitrogen and oxygen atoms in total. The molecule has 0 aromatic heterocycles. The highest BCUT2D eigenvalue weighted by molar-refractivity contribution is 8.72. The predicted molar refractivity (Wildman–Crippen MR) is 27.8 cm³/mol. The van der Waals surface area contributed by atoms with Gasteiger partial charge in [-0.15, -0.1) is 0 Å². The summed E-state index contributed by atoms with van der Waals surface area (Å²) in [6, 6.07) is 0. The van der Waals surface area contributed by atoms with E-state index in [1.54, 1.807) is 0 Å². The Morgan fingerprint density at radius 1 is 1.67 bits per heavy atom. The Labute approximate surface area is 41.3 Å². The number of hydrogen-bond donors (Lipinski definition) is 0. The summed E-state index contributed by atoms with van der Waals surface area (Å²) in [5.41, 5.74) is 0. The largest absolute Gasteiger partial charge is 0.344 e. The van der Waals surface area contributed by atoms with Gasteiger partial charge in [-0.1, -0.05) is 0 Å². The maximum absolute atomic E-state index is 9.85. The van der Waals surface area contributed by atoms with Crippen LogP contribution in [0.1, 0.15) is 0 Å². The molecule has 0 radical (unpaired) electrons. The third kappa shape index (κ3) is 4.17. The molecule has 0 bridgehead atoms. The van der Waals surface area contributed by atoms with Crippen LogP contribution in [-0.4, -0.2) is 14.7 Å². The quantitative estimate of drug-likeness (QED) is 0.377. The van der Waals surface area contributed by atoms with Gasteiger partial charge in [-0.3, -0.25) is 0 Å². The van der Waals surface area contributed by atoms with E-state index in [4.69, 9.17) is 0 Å². The van der Waals surface area contributed by atoms with Crippen molar-refractivity contribution >= 4 is 19.7 Å². The van der Waals surface area contributed by atoms with Crippen LogP contribution >= 0.6 is 10.8 Å². The predicted octanol–water partition coefficient (Wildman–Crippen LogP) is 0.471. The Morgan fingerprint density at radius 2 is 1.83 bits per heavy atom. The van der Waals surface area contributed by atoms with Crippen molar-refractivity contribution < 1.29 is 8.42 Å². The fourth-order valence-electron chi connectivity index (χ4n) is 0. The lowest BCUT2D eigenvalue weighted by molar-refractivity contribution is 0.618. The third-order valence-electron chi connectivity index (χ3n) is 0.254. The highest BCUT2D eigenvalue weighted by Gasteiger charge is 2.02. The topological polar surface area (TPSA) is 34.1 Å². The van der Waals surface area contributed by atoms with Gasteiger partial charge < -0.3 is 0 Å². The minimum atomic E-state index is -3.00. The lowest BCUT2D eigenvalue weighted by Crippen LogP contribution is -1.78. The van der Waals surface area contributed by atoms with Crippen LogP contribution in [0.2, 0.25) is 0 Å². The third-order valence-corrected chi connectivity index (χ3v) is 2.29. The van der Waals surface area contributed by atoms with Gasteiger partial charge >= 0.3 is 8.87 Å². The monoisotopic (exact) mass is 125 g/mol. The number of hydrogen-bond acceptors (Lipinski definition) is 3. The van der Waals surface area contributed by atoms with Crippen LogP contribution in [0.5, 0.6) is 0 Å². The van der Waals surface area contributed by atoms with Crippen molar-refractivity contribution in [1.82, 2.24) is 0 Å². The molecule has 6 heavy (non-hydrogen) atoms. The second-order valence-corrected chi connectivity index (χ2v) is 4.70.